The second kappa shape index (κ2) is 5.72. The number of benzene rings is 1. The molecule has 1 N–H and O–H groups in total. The molecule has 0 saturated carbocycles. The van der Waals surface area contributed by atoms with E-state index in [2.05, 4.69) is 10.1 Å². The highest BCUT2D eigenvalue weighted by atomic mass is 19.1. The number of hydrogen-bond donors (Lipinski definition) is 1. The van der Waals surface area contributed by atoms with E-state index >= 15 is 0 Å². The van der Waals surface area contributed by atoms with Crippen LogP contribution in [0.1, 0.15) is 20.8 Å². The molecule has 0 radical (unpaired) electrons. The fourth-order valence-corrected chi connectivity index (χ4v) is 1.36. The van der Waals surface area contributed by atoms with Crippen LogP contribution in [0.5, 0.6) is 5.75 Å². The van der Waals surface area contributed by atoms with Crippen molar-refractivity contribution in [2.45, 2.75) is 26.4 Å². The summed E-state index contributed by atoms with van der Waals surface area (Å²) < 4.78 is 23.1. The third-order valence-corrected chi connectivity index (χ3v) is 2.10. The molecule has 0 aliphatic rings. The summed E-state index contributed by atoms with van der Waals surface area (Å²) in [5, 5.41) is 13.0. The summed E-state index contributed by atoms with van der Waals surface area (Å²) in [5.41, 5.74) is -1.57. The number of nitro benzene ring substituents is 1. The third kappa shape index (κ3) is 4.08. The van der Waals surface area contributed by atoms with Crippen LogP contribution < -0.4 is 10.1 Å². The minimum Gasteiger partial charge on any atom is -0.493 e. The molecule has 1 aromatic rings. The first kappa shape index (κ1) is 15.7. The quantitative estimate of drug-likeness (QED) is 0.681. The van der Waals surface area contributed by atoms with E-state index in [1.165, 1.54) is 7.11 Å². The van der Waals surface area contributed by atoms with Crippen molar-refractivity contribution in [3.8, 4) is 5.75 Å². The maximum atomic E-state index is 13.5. The first-order chi connectivity index (χ1) is 9.14. The monoisotopic (exact) mass is 286 g/mol. The van der Waals surface area contributed by atoms with Gasteiger partial charge in [0.2, 0.25) is 0 Å². The zero-order valence-corrected chi connectivity index (χ0v) is 11.5. The third-order valence-electron chi connectivity index (χ3n) is 2.10. The van der Waals surface area contributed by atoms with Gasteiger partial charge in [0.25, 0.3) is 5.69 Å². The van der Waals surface area contributed by atoms with Crippen molar-refractivity contribution in [2.75, 3.05) is 12.4 Å². The van der Waals surface area contributed by atoms with Gasteiger partial charge in [-0.3, -0.25) is 15.4 Å². The fraction of sp³-hybridized carbons (Fsp3) is 0.417. The number of hydrogen-bond acceptors (Lipinski definition) is 5. The molecule has 110 valence electrons. The van der Waals surface area contributed by atoms with Gasteiger partial charge in [-0.1, -0.05) is 0 Å². The van der Waals surface area contributed by atoms with Crippen LogP contribution >= 0.6 is 0 Å². The van der Waals surface area contributed by atoms with E-state index in [9.17, 15) is 19.3 Å². The topological polar surface area (TPSA) is 90.7 Å². The van der Waals surface area contributed by atoms with E-state index in [0.717, 1.165) is 12.1 Å². The molecule has 0 fully saturated rings. The highest BCUT2D eigenvalue weighted by Gasteiger charge is 2.23. The van der Waals surface area contributed by atoms with Crippen LogP contribution in [0.15, 0.2) is 12.1 Å². The number of ether oxygens (including phenoxy) is 2. The zero-order valence-electron chi connectivity index (χ0n) is 11.5. The highest BCUT2D eigenvalue weighted by Crippen LogP contribution is 2.32. The molecule has 0 saturated heterocycles. The van der Waals surface area contributed by atoms with Crippen molar-refractivity contribution >= 4 is 17.5 Å². The zero-order chi connectivity index (χ0) is 15.5. The first-order valence-electron chi connectivity index (χ1n) is 5.66. The van der Waals surface area contributed by atoms with Crippen LogP contribution in [0, 0.1) is 15.9 Å². The Bertz CT molecular complexity index is 539. The van der Waals surface area contributed by atoms with Crippen molar-refractivity contribution < 1.29 is 23.6 Å². The number of carbonyl (C=O) groups excluding carboxylic acids is 1. The van der Waals surface area contributed by atoms with Crippen LogP contribution in [0.2, 0.25) is 0 Å². The van der Waals surface area contributed by atoms with Crippen LogP contribution in [0.4, 0.5) is 20.6 Å². The Morgan fingerprint density at radius 3 is 2.45 bits per heavy atom. The lowest BCUT2D eigenvalue weighted by molar-refractivity contribution is -0.384. The second-order valence-electron chi connectivity index (χ2n) is 4.89. The molecule has 0 atom stereocenters. The lowest BCUT2D eigenvalue weighted by Crippen LogP contribution is -2.27. The standard InChI is InChI=1S/C12H15FN2O5/c1-12(2,3)20-11(16)14-8-5-7(13)10(19-4)6-9(8)15(17)18/h5-6H,1-4H3,(H,14,16). The van der Waals surface area contributed by atoms with Gasteiger partial charge in [-0.25, -0.2) is 9.18 Å². The summed E-state index contributed by atoms with van der Waals surface area (Å²) in [6, 6.07) is 1.70. The molecule has 1 amide bonds. The number of nitro groups is 1. The van der Waals surface area contributed by atoms with E-state index in [0.29, 0.717) is 0 Å². The number of amides is 1. The number of halogens is 1. The molecule has 7 nitrogen and oxygen atoms in total. The van der Waals surface area contributed by atoms with E-state index < -0.39 is 28.1 Å². The predicted octanol–water partition coefficient (Wildman–Crippen LogP) is 3.09. The lowest BCUT2D eigenvalue weighted by atomic mass is 10.2. The van der Waals surface area contributed by atoms with Gasteiger partial charge in [0.05, 0.1) is 18.1 Å². The number of rotatable bonds is 3. The Kier molecular flexibility index (Phi) is 4.49. The van der Waals surface area contributed by atoms with Gasteiger partial charge in [0, 0.05) is 6.07 Å². The van der Waals surface area contributed by atoms with Crippen molar-refractivity contribution in [2.24, 2.45) is 0 Å². The van der Waals surface area contributed by atoms with Crippen molar-refractivity contribution in [1.82, 2.24) is 0 Å². The van der Waals surface area contributed by atoms with Gasteiger partial charge < -0.3 is 9.47 Å². The van der Waals surface area contributed by atoms with Gasteiger partial charge in [0.15, 0.2) is 11.6 Å². The Balaban J connectivity index is 3.08. The Hall–Kier alpha value is -2.38. The highest BCUT2D eigenvalue weighted by molar-refractivity contribution is 5.88. The number of nitrogens with one attached hydrogen (secondary N) is 1. The molecule has 0 bridgehead atoms. The molecule has 0 aliphatic carbocycles. The molecule has 20 heavy (non-hydrogen) atoms. The average Bonchev–Trinajstić information content (AvgIpc) is 2.25. The minimum absolute atomic E-state index is 0.286. The van der Waals surface area contributed by atoms with Crippen LogP contribution in [0.3, 0.4) is 0 Å². The van der Waals surface area contributed by atoms with E-state index in [-0.39, 0.29) is 11.4 Å². The van der Waals surface area contributed by atoms with Crippen LogP contribution in [0.25, 0.3) is 0 Å². The minimum atomic E-state index is -0.912. The van der Waals surface area contributed by atoms with Gasteiger partial charge in [0.1, 0.15) is 11.3 Å². The predicted molar refractivity (Wildman–Crippen MR) is 69.5 cm³/mol. The summed E-state index contributed by atoms with van der Waals surface area (Å²) in [7, 11) is 1.18. The molecular weight excluding hydrogens is 271 g/mol. The van der Waals surface area contributed by atoms with E-state index in [1.54, 1.807) is 20.8 Å². The molecule has 0 spiro atoms. The maximum Gasteiger partial charge on any atom is 0.412 e. The molecule has 1 aromatic carbocycles. The summed E-state index contributed by atoms with van der Waals surface area (Å²) in [6.07, 6.45) is -0.912. The molecule has 0 unspecified atom stereocenters. The Labute approximate surface area is 114 Å². The SMILES string of the molecule is COc1cc([N+](=O)[O-])c(NC(=O)OC(C)(C)C)cc1F. The molecule has 1 rings (SSSR count). The van der Waals surface area contributed by atoms with Crippen molar-refractivity contribution in [3.63, 3.8) is 0 Å². The van der Waals surface area contributed by atoms with Gasteiger partial charge >= 0.3 is 6.09 Å². The van der Waals surface area contributed by atoms with Crippen LogP contribution in [-0.2, 0) is 4.74 Å². The Morgan fingerprint density at radius 1 is 1.40 bits per heavy atom. The Morgan fingerprint density at radius 2 is 2.00 bits per heavy atom. The van der Waals surface area contributed by atoms with Gasteiger partial charge in [-0.15, -0.1) is 0 Å². The second-order valence-corrected chi connectivity index (χ2v) is 4.89. The number of carbonyl (C=O) groups is 1. The maximum absolute atomic E-state index is 13.5. The molecule has 0 aliphatic heterocycles. The summed E-state index contributed by atoms with van der Waals surface area (Å²) >= 11 is 0. The van der Waals surface area contributed by atoms with Crippen molar-refractivity contribution in [1.29, 1.82) is 0 Å². The fourth-order valence-electron chi connectivity index (χ4n) is 1.36. The summed E-state index contributed by atoms with van der Waals surface area (Å²) in [5.74, 6) is -1.12. The summed E-state index contributed by atoms with van der Waals surface area (Å²) in [6.45, 7) is 4.90. The van der Waals surface area contributed by atoms with E-state index in [1.807, 2.05) is 0 Å². The molecular formula is C12H15FN2O5. The summed E-state index contributed by atoms with van der Waals surface area (Å²) in [4.78, 5) is 21.7. The number of nitrogens with zero attached hydrogens (tertiary/aromatic N) is 1. The normalized spacial score (nSPS) is 10.8. The lowest BCUT2D eigenvalue weighted by Gasteiger charge is -2.19. The van der Waals surface area contributed by atoms with E-state index in [4.69, 9.17) is 4.74 Å². The number of methoxy groups -OCH3 is 1. The molecule has 0 aromatic heterocycles. The molecule has 8 heteroatoms. The molecule has 0 heterocycles. The largest absolute Gasteiger partial charge is 0.493 e. The first-order valence-corrected chi connectivity index (χ1v) is 5.66. The number of anilines is 1. The smallest absolute Gasteiger partial charge is 0.412 e. The van der Waals surface area contributed by atoms with Crippen LogP contribution in [-0.4, -0.2) is 23.7 Å². The van der Waals surface area contributed by atoms with Gasteiger partial charge in [-0.2, -0.15) is 0 Å². The average molecular weight is 286 g/mol. The van der Waals surface area contributed by atoms with Gasteiger partial charge in [-0.05, 0) is 20.8 Å². The van der Waals surface area contributed by atoms with Crippen molar-refractivity contribution in [3.05, 3.63) is 28.1 Å².